The molecule has 4 aromatic rings. The molecule has 0 aliphatic heterocycles. The van der Waals surface area contributed by atoms with E-state index in [9.17, 15) is 10.1 Å². The van der Waals surface area contributed by atoms with E-state index in [1.54, 1.807) is 29.1 Å². The fraction of sp³-hybridized carbons (Fsp3) is 0.125. The average Bonchev–Trinajstić information content (AvgIpc) is 3.24. The van der Waals surface area contributed by atoms with Crippen LogP contribution in [-0.2, 0) is 0 Å². The van der Waals surface area contributed by atoms with Crippen LogP contribution in [0, 0.1) is 23.3 Å². The van der Waals surface area contributed by atoms with Crippen LogP contribution >= 0.6 is 0 Å². The quantitative estimate of drug-likeness (QED) is 0.489. The summed E-state index contributed by atoms with van der Waals surface area (Å²) in [6.07, 6.45) is 4.30. The number of amides is 1. The van der Waals surface area contributed by atoms with E-state index in [4.69, 9.17) is 4.74 Å². The zero-order chi connectivity index (χ0) is 23.4. The lowest BCUT2D eigenvalue weighted by Crippen LogP contribution is -2.14. The van der Waals surface area contributed by atoms with Crippen molar-refractivity contribution in [3.63, 3.8) is 0 Å². The number of carbonyl (C=O) groups excluding carboxylic acids is 1. The lowest BCUT2D eigenvalue weighted by atomic mass is 10.1. The molecule has 0 spiro atoms. The van der Waals surface area contributed by atoms with Crippen molar-refractivity contribution >= 4 is 28.3 Å². The molecule has 0 unspecified atom stereocenters. The van der Waals surface area contributed by atoms with Crippen LogP contribution in [-0.4, -0.2) is 46.6 Å². The minimum atomic E-state index is -0.459. The predicted octanol–water partition coefficient (Wildman–Crippen LogP) is 2.88. The molecule has 0 radical (unpaired) electrons. The summed E-state index contributed by atoms with van der Waals surface area (Å²) in [5.41, 5.74) is 4.26. The molecule has 0 fully saturated rings. The Balaban J connectivity index is 1.64. The highest BCUT2D eigenvalue weighted by Gasteiger charge is 2.14. The average molecular weight is 437 g/mol. The number of hydrogen-bond donors (Lipinski definition) is 1. The lowest BCUT2D eigenvalue weighted by Gasteiger charge is -2.11. The van der Waals surface area contributed by atoms with Crippen LogP contribution in [0.3, 0.4) is 0 Å². The van der Waals surface area contributed by atoms with Gasteiger partial charge in [0.1, 0.15) is 18.2 Å². The standard InChI is InChI=1S/C24H19N7O2/c1-30(2)19-4-5-22-21(11-19)28-15-31(22)7-6-16-8-17(12-25)10-18(9-16)29-23(32)20-13-26-14-27-24(20)33-3/h4-5,8-11,13-15H,1-3H3,(H,29,32). The third-order valence-corrected chi connectivity index (χ3v) is 4.80. The first-order valence-corrected chi connectivity index (χ1v) is 9.85. The van der Waals surface area contributed by atoms with E-state index in [1.165, 1.54) is 19.6 Å². The van der Waals surface area contributed by atoms with E-state index in [0.717, 1.165) is 16.7 Å². The molecule has 1 N–H and O–H groups in total. The molecule has 0 saturated carbocycles. The Labute approximate surface area is 190 Å². The first-order valence-electron chi connectivity index (χ1n) is 9.85. The number of nitriles is 1. The molecular formula is C24H19N7O2. The van der Waals surface area contributed by atoms with E-state index in [0.29, 0.717) is 16.8 Å². The van der Waals surface area contributed by atoms with Crippen molar-refractivity contribution in [2.24, 2.45) is 0 Å². The van der Waals surface area contributed by atoms with E-state index in [-0.39, 0.29) is 11.4 Å². The van der Waals surface area contributed by atoms with Crippen molar-refractivity contribution in [1.82, 2.24) is 19.5 Å². The number of fused-ring (bicyclic) bond motifs is 1. The van der Waals surface area contributed by atoms with Gasteiger partial charge in [-0.15, -0.1) is 0 Å². The number of hydrogen-bond acceptors (Lipinski definition) is 7. The van der Waals surface area contributed by atoms with Crippen molar-refractivity contribution in [1.29, 1.82) is 5.26 Å². The topological polar surface area (TPSA) is 109 Å². The first-order chi connectivity index (χ1) is 16.0. The maximum atomic E-state index is 12.7. The Morgan fingerprint density at radius 1 is 1.15 bits per heavy atom. The number of nitrogens with one attached hydrogen (secondary N) is 1. The zero-order valence-corrected chi connectivity index (χ0v) is 18.2. The Morgan fingerprint density at radius 3 is 2.73 bits per heavy atom. The zero-order valence-electron chi connectivity index (χ0n) is 18.2. The monoisotopic (exact) mass is 437 g/mol. The van der Waals surface area contributed by atoms with Gasteiger partial charge in [-0.1, -0.05) is 0 Å². The minimum absolute atomic E-state index is 0.156. The second-order valence-corrected chi connectivity index (χ2v) is 7.23. The van der Waals surface area contributed by atoms with E-state index < -0.39 is 5.91 Å². The van der Waals surface area contributed by atoms with Gasteiger partial charge in [0, 0.05) is 43.3 Å². The second kappa shape index (κ2) is 9.08. The molecule has 0 bridgehead atoms. The highest BCUT2D eigenvalue weighted by atomic mass is 16.5. The van der Waals surface area contributed by atoms with Crippen molar-refractivity contribution in [2.75, 3.05) is 31.4 Å². The van der Waals surface area contributed by atoms with Gasteiger partial charge < -0.3 is 15.0 Å². The number of ether oxygens (including phenoxy) is 1. The van der Waals surface area contributed by atoms with E-state index in [1.807, 2.05) is 37.2 Å². The Kier molecular flexibility index (Phi) is 5.87. The molecule has 9 heteroatoms. The van der Waals surface area contributed by atoms with Gasteiger partial charge in [0.25, 0.3) is 5.91 Å². The minimum Gasteiger partial charge on any atom is -0.480 e. The van der Waals surface area contributed by atoms with Crippen LogP contribution in [0.2, 0.25) is 0 Å². The SMILES string of the molecule is COc1ncncc1C(=O)Nc1cc(C#N)cc(C#Cn2cnc3cc(N(C)C)ccc32)c1. The van der Waals surface area contributed by atoms with Gasteiger partial charge in [-0.05, 0) is 42.3 Å². The number of benzene rings is 2. The molecule has 0 atom stereocenters. The molecule has 1 amide bonds. The van der Waals surface area contributed by atoms with Crippen LogP contribution in [0.4, 0.5) is 11.4 Å². The van der Waals surface area contributed by atoms with Crippen molar-refractivity contribution < 1.29 is 9.53 Å². The summed E-state index contributed by atoms with van der Waals surface area (Å²) in [6.45, 7) is 0. The third kappa shape index (κ3) is 4.58. The number of rotatable bonds is 4. The highest BCUT2D eigenvalue weighted by Crippen LogP contribution is 2.20. The molecule has 0 aliphatic carbocycles. The van der Waals surface area contributed by atoms with Crippen LogP contribution in [0.15, 0.2) is 55.2 Å². The third-order valence-electron chi connectivity index (χ3n) is 4.80. The summed E-state index contributed by atoms with van der Waals surface area (Å²) < 4.78 is 6.83. The fourth-order valence-electron chi connectivity index (χ4n) is 3.16. The predicted molar refractivity (Wildman–Crippen MR) is 124 cm³/mol. The Bertz CT molecular complexity index is 1460. The number of aromatic nitrogens is 4. The molecular weight excluding hydrogens is 418 g/mol. The van der Waals surface area contributed by atoms with Gasteiger partial charge in [-0.2, -0.15) is 5.26 Å². The van der Waals surface area contributed by atoms with Crippen molar-refractivity contribution in [2.45, 2.75) is 0 Å². The smallest absolute Gasteiger partial charge is 0.262 e. The van der Waals surface area contributed by atoms with Crippen molar-refractivity contribution in [3.05, 3.63) is 71.9 Å². The number of nitrogens with zero attached hydrogens (tertiary/aromatic N) is 6. The van der Waals surface area contributed by atoms with Crippen LogP contribution in [0.1, 0.15) is 21.5 Å². The number of imidazole rings is 1. The lowest BCUT2D eigenvalue weighted by molar-refractivity contribution is 0.102. The van der Waals surface area contributed by atoms with Gasteiger partial charge >= 0.3 is 0 Å². The first kappa shape index (κ1) is 21.3. The van der Waals surface area contributed by atoms with Gasteiger partial charge in [-0.25, -0.2) is 15.0 Å². The highest BCUT2D eigenvalue weighted by molar-refractivity contribution is 6.05. The van der Waals surface area contributed by atoms with E-state index >= 15 is 0 Å². The number of anilines is 2. The number of carbonyl (C=O) groups is 1. The fourth-order valence-corrected chi connectivity index (χ4v) is 3.16. The second-order valence-electron chi connectivity index (χ2n) is 7.23. The summed E-state index contributed by atoms with van der Waals surface area (Å²) in [4.78, 5) is 26.9. The van der Waals surface area contributed by atoms with Gasteiger partial charge in [0.15, 0.2) is 0 Å². The van der Waals surface area contributed by atoms with Crippen LogP contribution in [0.5, 0.6) is 5.88 Å². The largest absolute Gasteiger partial charge is 0.480 e. The molecule has 2 heterocycles. The summed E-state index contributed by atoms with van der Waals surface area (Å²) in [7, 11) is 5.36. The maximum absolute atomic E-state index is 12.7. The summed E-state index contributed by atoms with van der Waals surface area (Å²) in [6, 6.07) is 16.0. The van der Waals surface area contributed by atoms with Gasteiger partial charge in [0.2, 0.25) is 5.88 Å². The molecule has 0 saturated heterocycles. The normalized spacial score (nSPS) is 10.1. The Morgan fingerprint density at radius 2 is 1.97 bits per heavy atom. The molecule has 2 aromatic heterocycles. The molecule has 4 rings (SSSR count). The van der Waals surface area contributed by atoms with Crippen molar-refractivity contribution in [3.8, 4) is 23.9 Å². The summed E-state index contributed by atoms with van der Waals surface area (Å²) in [5.74, 6) is 2.73. The molecule has 2 aromatic carbocycles. The summed E-state index contributed by atoms with van der Waals surface area (Å²) in [5, 5.41) is 12.2. The van der Waals surface area contributed by atoms with E-state index in [2.05, 4.69) is 38.3 Å². The van der Waals surface area contributed by atoms with Crippen LogP contribution < -0.4 is 15.0 Å². The van der Waals surface area contributed by atoms with Crippen LogP contribution in [0.25, 0.3) is 11.0 Å². The van der Waals surface area contributed by atoms with Gasteiger partial charge in [-0.3, -0.25) is 9.36 Å². The van der Waals surface area contributed by atoms with Gasteiger partial charge in [0.05, 0.1) is 29.8 Å². The molecule has 162 valence electrons. The molecule has 33 heavy (non-hydrogen) atoms. The number of methoxy groups -OCH3 is 1. The summed E-state index contributed by atoms with van der Waals surface area (Å²) >= 11 is 0. The maximum Gasteiger partial charge on any atom is 0.262 e. The Hall–Kier alpha value is -4.89. The molecule has 0 aliphatic rings. The molecule has 9 nitrogen and oxygen atoms in total.